The lowest BCUT2D eigenvalue weighted by molar-refractivity contribution is -0.118. The molecule has 0 fully saturated rings. The number of imide groups is 1. The number of amides is 3. The van der Waals surface area contributed by atoms with E-state index in [1.165, 1.54) is 24.3 Å². The maximum Gasteiger partial charge on any atom is 0.266 e. The summed E-state index contributed by atoms with van der Waals surface area (Å²) in [4.78, 5) is 38.9. The van der Waals surface area contributed by atoms with E-state index in [1.807, 2.05) is 0 Å². The van der Waals surface area contributed by atoms with Gasteiger partial charge in [-0.25, -0.2) is 13.3 Å². The van der Waals surface area contributed by atoms with Gasteiger partial charge in [-0.15, -0.1) is 4.47 Å². The van der Waals surface area contributed by atoms with Crippen LogP contribution in [0.1, 0.15) is 47.4 Å². The summed E-state index contributed by atoms with van der Waals surface area (Å²) in [6.07, 6.45) is -0.905. The van der Waals surface area contributed by atoms with E-state index >= 15 is 0 Å². The molecule has 4 rings (SSSR count). The minimum atomic E-state index is -4.39. The van der Waals surface area contributed by atoms with E-state index in [9.17, 15) is 28.0 Å². The quantitative estimate of drug-likeness (QED) is 0.268. The van der Waals surface area contributed by atoms with Crippen LogP contribution in [0.2, 0.25) is 0 Å². The molecule has 1 aliphatic heterocycles. The van der Waals surface area contributed by atoms with Gasteiger partial charge in [-0.3, -0.25) is 19.6 Å². The number of hydrogen-bond donors (Lipinski definition) is 2. The summed E-state index contributed by atoms with van der Waals surface area (Å²) in [6, 6.07) is 17.4. The third-order valence-corrected chi connectivity index (χ3v) is 7.24. The van der Waals surface area contributed by atoms with E-state index < -0.39 is 39.6 Å². The first kappa shape index (κ1) is 27.6. The molecule has 39 heavy (non-hydrogen) atoms. The van der Waals surface area contributed by atoms with Crippen molar-refractivity contribution >= 4 is 39.1 Å². The zero-order chi connectivity index (χ0) is 28.3. The van der Waals surface area contributed by atoms with E-state index in [4.69, 9.17) is 15.2 Å². The van der Waals surface area contributed by atoms with Crippen LogP contribution in [-0.2, 0) is 14.8 Å². The zero-order valence-corrected chi connectivity index (χ0v) is 22.1. The molecule has 0 aliphatic carbocycles. The number of ether oxygens (including phenoxy) is 2. The van der Waals surface area contributed by atoms with Crippen molar-refractivity contribution in [3.63, 3.8) is 0 Å². The second-order valence-electron chi connectivity index (χ2n) is 8.96. The van der Waals surface area contributed by atoms with Crippen LogP contribution in [-0.4, -0.2) is 43.2 Å². The summed E-state index contributed by atoms with van der Waals surface area (Å²) in [5.41, 5.74) is 4.87. The lowest BCUT2D eigenvalue weighted by Gasteiger charge is -2.27. The lowest BCUT2D eigenvalue weighted by Crippen LogP contribution is -2.33. The maximum atomic E-state index is 13.5. The van der Waals surface area contributed by atoms with Crippen LogP contribution in [0, 0.1) is 0 Å². The highest BCUT2D eigenvalue weighted by Crippen LogP contribution is 2.49. The van der Waals surface area contributed by atoms with Crippen molar-refractivity contribution in [1.82, 2.24) is 0 Å². The van der Waals surface area contributed by atoms with Gasteiger partial charge in [0.1, 0.15) is 17.1 Å². The van der Waals surface area contributed by atoms with Crippen molar-refractivity contribution in [2.45, 2.75) is 32.8 Å². The molecule has 3 amide bonds. The first-order valence-electron chi connectivity index (χ1n) is 12.1. The van der Waals surface area contributed by atoms with E-state index in [2.05, 4.69) is 0 Å². The Balaban J connectivity index is 1.90. The molecule has 0 saturated heterocycles. The van der Waals surface area contributed by atoms with Crippen molar-refractivity contribution in [3.05, 3.63) is 77.9 Å². The molecule has 3 N–H and O–H groups in total. The van der Waals surface area contributed by atoms with E-state index in [0.29, 0.717) is 5.75 Å². The van der Waals surface area contributed by atoms with Crippen molar-refractivity contribution in [2.24, 2.45) is 5.73 Å². The molecule has 3 aromatic carbocycles. The highest BCUT2D eigenvalue weighted by Gasteiger charge is 2.41. The molecule has 1 heterocycles. The average molecular weight is 554 g/mol. The average Bonchev–Trinajstić information content (AvgIpc) is 3.14. The van der Waals surface area contributed by atoms with Crippen molar-refractivity contribution in [2.75, 3.05) is 15.1 Å². The van der Waals surface area contributed by atoms with Crippen LogP contribution in [0.15, 0.2) is 66.7 Å². The first-order chi connectivity index (χ1) is 18.5. The molecular weight excluding hydrogens is 526 g/mol. The Bertz CT molecular complexity index is 1490. The van der Waals surface area contributed by atoms with Gasteiger partial charge in [-0.05, 0) is 56.7 Å². The predicted octanol–water partition coefficient (Wildman–Crippen LogP) is 3.86. The summed E-state index contributed by atoms with van der Waals surface area (Å²) >= 11 is 0. The smallest absolute Gasteiger partial charge is 0.266 e. The molecule has 12 heteroatoms. The Morgan fingerprint density at radius 2 is 1.56 bits per heavy atom. The number of anilines is 2. The van der Waals surface area contributed by atoms with Gasteiger partial charge in [0.2, 0.25) is 5.91 Å². The monoisotopic (exact) mass is 553 g/mol. The Kier molecular flexibility index (Phi) is 7.88. The number of benzene rings is 3. The largest absolute Gasteiger partial charge is 0.486 e. The van der Waals surface area contributed by atoms with Crippen molar-refractivity contribution in [1.29, 1.82) is 0 Å². The van der Waals surface area contributed by atoms with E-state index in [0.717, 1.165) is 4.90 Å². The molecule has 0 radical (unpaired) electrons. The van der Waals surface area contributed by atoms with Crippen molar-refractivity contribution in [3.8, 4) is 17.2 Å². The molecular formula is C27H27N3O8S. The number of carbonyl (C=O) groups excluding carboxylic acids is 3. The summed E-state index contributed by atoms with van der Waals surface area (Å²) < 4.78 is 37.9. The fourth-order valence-corrected chi connectivity index (χ4v) is 5.14. The van der Waals surface area contributed by atoms with Crippen LogP contribution in [0.25, 0.3) is 0 Å². The number of nitrogens with two attached hydrogens (primary N) is 1. The van der Waals surface area contributed by atoms with Crippen LogP contribution < -0.4 is 24.6 Å². The maximum absolute atomic E-state index is 13.5. The van der Waals surface area contributed by atoms with E-state index in [-0.39, 0.29) is 51.3 Å². The van der Waals surface area contributed by atoms with Crippen LogP contribution in [0.4, 0.5) is 11.4 Å². The van der Waals surface area contributed by atoms with E-state index in [1.54, 1.807) is 56.3 Å². The van der Waals surface area contributed by atoms with Gasteiger partial charge < -0.3 is 15.2 Å². The Hall–Kier alpha value is -4.42. The lowest BCUT2D eigenvalue weighted by atomic mass is 10.1. The van der Waals surface area contributed by atoms with Gasteiger partial charge in [0.15, 0.2) is 11.5 Å². The molecule has 1 aliphatic rings. The fraction of sp³-hybridized carbons (Fsp3) is 0.222. The second kappa shape index (κ2) is 11.1. The molecule has 0 spiro atoms. The number of nitrogens with zero attached hydrogens (tertiary/aromatic N) is 2. The second-order valence-corrected chi connectivity index (χ2v) is 10.9. The van der Waals surface area contributed by atoms with Gasteiger partial charge in [-0.1, -0.05) is 30.3 Å². The number of rotatable bonds is 11. The first-order valence-corrected chi connectivity index (χ1v) is 13.7. The SMILES string of the molecule is CC(C)Oc1c(N(O)S(=O)(=O)CCCC(N)=O)ccc(Oc2ccccc2)c1N1C(=O)c2ccccc2C1=O. The van der Waals surface area contributed by atoms with Gasteiger partial charge in [0.05, 0.1) is 23.0 Å². The van der Waals surface area contributed by atoms with Crippen LogP contribution in [0.5, 0.6) is 17.2 Å². The molecule has 0 atom stereocenters. The summed E-state index contributed by atoms with van der Waals surface area (Å²) in [5, 5.41) is 10.9. The minimum absolute atomic E-state index is 0.00892. The third-order valence-electron chi connectivity index (χ3n) is 5.71. The number of sulfonamides is 1. The Labute approximate surface area is 225 Å². The molecule has 0 aromatic heterocycles. The van der Waals surface area contributed by atoms with Gasteiger partial charge in [-0.2, -0.15) is 0 Å². The Morgan fingerprint density at radius 3 is 2.13 bits per heavy atom. The van der Waals surface area contributed by atoms with Gasteiger partial charge in [0, 0.05) is 6.42 Å². The third kappa shape index (κ3) is 5.71. The van der Waals surface area contributed by atoms with Gasteiger partial charge >= 0.3 is 0 Å². The number of primary amides is 1. The summed E-state index contributed by atoms with van der Waals surface area (Å²) in [7, 11) is -4.39. The predicted molar refractivity (Wildman–Crippen MR) is 143 cm³/mol. The standard InChI is InChI=1S/C27H27N3O8S/c1-17(2)37-25-21(30(34)39(35,36)16-8-13-23(28)31)14-15-22(38-18-9-4-3-5-10-18)24(25)29-26(32)19-11-6-7-12-20(19)27(29)33/h3-7,9-12,14-15,17,34H,8,13,16H2,1-2H3,(H2,28,31). The molecule has 3 aromatic rings. The molecule has 0 saturated carbocycles. The molecule has 0 unspecified atom stereocenters. The minimum Gasteiger partial charge on any atom is -0.486 e. The summed E-state index contributed by atoms with van der Waals surface area (Å²) in [5.74, 6) is -2.52. The number of hydrogen-bond acceptors (Lipinski definition) is 8. The zero-order valence-electron chi connectivity index (χ0n) is 21.2. The molecule has 0 bridgehead atoms. The number of carbonyl (C=O) groups is 3. The molecule has 11 nitrogen and oxygen atoms in total. The fourth-order valence-electron chi connectivity index (χ4n) is 4.01. The van der Waals surface area contributed by atoms with Crippen LogP contribution >= 0.6 is 0 Å². The topological polar surface area (TPSA) is 157 Å². The number of fused-ring (bicyclic) bond motifs is 1. The van der Waals surface area contributed by atoms with Crippen molar-refractivity contribution < 1.29 is 37.5 Å². The number of para-hydroxylation sites is 1. The van der Waals surface area contributed by atoms with Crippen LogP contribution in [0.3, 0.4) is 0 Å². The Morgan fingerprint density at radius 1 is 0.974 bits per heavy atom. The molecule has 204 valence electrons. The highest BCUT2D eigenvalue weighted by molar-refractivity contribution is 7.92. The van der Waals surface area contributed by atoms with Gasteiger partial charge in [0.25, 0.3) is 21.8 Å². The summed E-state index contributed by atoms with van der Waals surface area (Å²) in [6.45, 7) is 3.31. The normalized spacial score (nSPS) is 13.0. The highest BCUT2D eigenvalue weighted by atomic mass is 32.2.